The predicted molar refractivity (Wildman–Crippen MR) is 128 cm³/mol. The van der Waals surface area contributed by atoms with Crippen LogP contribution in [0.15, 0.2) is 30.6 Å². The number of aromatic nitrogens is 6. The van der Waals surface area contributed by atoms with Crippen LogP contribution in [0.3, 0.4) is 0 Å². The van der Waals surface area contributed by atoms with Gasteiger partial charge in [-0.1, -0.05) is 0 Å². The normalized spacial score (nSPS) is 26.0. The third-order valence-electron chi connectivity index (χ3n) is 5.32. The molecule has 0 radical (unpaired) electrons. The van der Waals surface area contributed by atoms with Crippen LogP contribution >= 0.6 is 0 Å². The molecule has 11 heteroatoms. The summed E-state index contributed by atoms with van der Waals surface area (Å²) in [6.07, 6.45) is 2.50. The van der Waals surface area contributed by atoms with Gasteiger partial charge in [-0.3, -0.25) is 4.79 Å². The summed E-state index contributed by atoms with van der Waals surface area (Å²) in [5.74, 6) is 0.487. The van der Waals surface area contributed by atoms with Gasteiger partial charge in [0.1, 0.15) is 5.52 Å². The fraction of sp³-hybridized carbons (Fsp3) is 0.391. The van der Waals surface area contributed by atoms with Gasteiger partial charge in [0.25, 0.3) is 0 Å². The van der Waals surface area contributed by atoms with Crippen LogP contribution in [0.2, 0.25) is 0 Å². The standard InChI is InChI=1S/C23H25N9O2/c1-2-24-22-20-16(11-18(28-29-20)26-23(33)14-3-4-14)17(12-25-22)21-27-19-6-5-15(13-32(19)30-21)31-7-9-34-10-8-31/h5-6,11-14H,2-4,7-10H2,1H3,(H,24,25)(H,26,28,33)/i7D2,8D2,9D2,10D2,13D. The summed E-state index contributed by atoms with van der Waals surface area (Å²) in [4.78, 5) is 21.5. The Kier molecular flexibility index (Phi) is 3.28. The van der Waals surface area contributed by atoms with Crippen molar-refractivity contribution >= 4 is 39.8 Å². The third kappa shape index (κ3) is 3.87. The molecule has 1 aliphatic carbocycles. The van der Waals surface area contributed by atoms with Crippen LogP contribution < -0.4 is 15.5 Å². The Balaban J connectivity index is 1.49. The van der Waals surface area contributed by atoms with Crippen molar-refractivity contribution in [3.8, 4) is 11.4 Å². The monoisotopic (exact) mass is 468 g/mol. The zero-order chi connectivity index (χ0) is 31.1. The maximum Gasteiger partial charge on any atom is 0.228 e. The number of nitrogens with one attached hydrogen (secondary N) is 2. The molecule has 0 aromatic carbocycles. The minimum absolute atomic E-state index is 0.0640. The molecule has 174 valence electrons. The number of ether oxygens (including phenoxy) is 1. The minimum Gasteiger partial charge on any atom is -0.378 e. The summed E-state index contributed by atoms with van der Waals surface area (Å²) in [6.45, 7) is -10.6. The number of morpholine rings is 1. The fourth-order valence-corrected chi connectivity index (χ4v) is 3.50. The van der Waals surface area contributed by atoms with Crippen molar-refractivity contribution in [2.24, 2.45) is 5.92 Å². The van der Waals surface area contributed by atoms with E-state index >= 15 is 0 Å². The first-order valence-electron chi connectivity index (χ1n) is 15.2. The van der Waals surface area contributed by atoms with Crippen molar-refractivity contribution in [2.45, 2.75) is 19.8 Å². The van der Waals surface area contributed by atoms with Gasteiger partial charge in [0.2, 0.25) is 5.91 Å². The SMILES string of the molecule is [2H]c1c(N2C([2H])([2H])C([2H])([2H])OC([2H])([2H])C2([2H])[2H])ccc2nc(-c3cnc(NCC)c4nnc(NC(=O)C5CC5)cc34)nn12. The summed E-state index contributed by atoms with van der Waals surface area (Å²) in [5.41, 5.74) is 0.352. The Hall–Kier alpha value is -3.86. The number of anilines is 3. The molecule has 1 saturated carbocycles. The first-order chi connectivity index (χ1) is 20.1. The maximum atomic E-state index is 12.4. The van der Waals surface area contributed by atoms with Gasteiger partial charge >= 0.3 is 0 Å². The first-order valence-corrected chi connectivity index (χ1v) is 10.7. The van der Waals surface area contributed by atoms with Crippen molar-refractivity contribution in [3.63, 3.8) is 0 Å². The van der Waals surface area contributed by atoms with E-state index < -0.39 is 38.0 Å². The molecule has 0 bridgehead atoms. The van der Waals surface area contributed by atoms with Gasteiger partial charge < -0.3 is 20.3 Å². The number of hydrogen-bond acceptors (Lipinski definition) is 9. The molecule has 1 amide bonds. The second-order valence-electron chi connectivity index (χ2n) is 7.71. The molecule has 2 aliphatic rings. The highest BCUT2D eigenvalue weighted by Gasteiger charge is 2.30. The largest absolute Gasteiger partial charge is 0.378 e. The van der Waals surface area contributed by atoms with Crippen molar-refractivity contribution in [2.75, 3.05) is 48.2 Å². The highest BCUT2D eigenvalue weighted by molar-refractivity contribution is 6.01. The molecule has 4 aromatic heterocycles. The summed E-state index contributed by atoms with van der Waals surface area (Å²) >= 11 is 0. The summed E-state index contributed by atoms with van der Waals surface area (Å²) in [7, 11) is 0. The molecule has 1 saturated heterocycles. The minimum atomic E-state index is -3.29. The second kappa shape index (κ2) is 8.49. The molecular formula is C23H25N9O2. The average molecular weight is 469 g/mol. The van der Waals surface area contributed by atoms with Crippen LogP contribution in [0.25, 0.3) is 27.9 Å². The highest BCUT2D eigenvalue weighted by atomic mass is 16.5. The molecule has 0 spiro atoms. The van der Waals surface area contributed by atoms with Gasteiger partial charge in [0, 0.05) is 42.6 Å². The molecular weight excluding hydrogens is 434 g/mol. The van der Waals surface area contributed by atoms with Crippen LogP contribution in [0.4, 0.5) is 17.3 Å². The Morgan fingerprint density at radius 2 is 2.15 bits per heavy atom. The van der Waals surface area contributed by atoms with E-state index in [1.165, 1.54) is 12.3 Å². The van der Waals surface area contributed by atoms with Crippen LogP contribution in [0.5, 0.6) is 0 Å². The lowest BCUT2D eigenvalue weighted by Crippen LogP contribution is -2.36. The van der Waals surface area contributed by atoms with Gasteiger partial charge in [-0.15, -0.1) is 15.3 Å². The Bertz CT molecular complexity index is 1750. The van der Waals surface area contributed by atoms with Gasteiger partial charge in [-0.25, -0.2) is 14.5 Å². The molecule has 6 rings (SSSR count). The molecule has 4 aromatic rings. The molecule has 5 heterocycles. The number of pyridine rings is 2. The van der Waals surface area contributed by atoms with Gasteiger partial charge in [0.05, 0.1) is 37.3 Å². The van der Waals surface area contributed by atoms with E-state index in [-0.39, 0.29) is 34.0 Å². The average Bonchev–Trinajstić information content (AvgIpc) is 3.68. The van der Waals surface area contributed by atoms with E-state index in [1.807, 2.05) is 6.92 Å². The van der Waals surface area contributed by atoms with Crippen molar-refractivity contribution in [3.05, 3.63) is 30.6 Å². The van der Waals surface area contributed by atoms with Crippen molar-refractivity contribution in [1.82, 2.24) is 29.8 Å². The zero-order valence-corrected chi connectivity index (χ0v) is 18.0. The molecule has 2 N–H and O–H groups in total. The number of fused-ring (bicyclic) bond motifs is 2. The lowest BCUT2D eigenvalue weighted by Gasteiger charge is -2.28. The fourth-order valence-electron chi connectivity index (χ4n) is 3.50. The lowest BCUT2D eigenvalue weighted by molar-refractivity contribution is -0.117. The van der Waals surface area contributed by atoms with E-state index in [0.717, 1.165) is 23.4 Å². The lowest BCUT2D eigenvalue weighted by atomic mass is 10.1. The highest BCUT2D eigenvalue weighted by Crippen LogP contribution is 2.32. The summed E-state index contributed by atoms with van der Waals surface area (Å²) in [5, 5.41) is 19.1. The number of carbonyl (C=O) groups excluding carboxylic acids is 1. The Morgan fingerprint density at radius 1 is 1.29 bits per heavy atom. The van der Waals surface area contributed by atoms with Crippen molar-refractivity contribution in [1.29, 1.82) is 0 Å². The molecule has 11 nitrogen and oxygen atoms in total. The molecule has 2 fully saturated rings. The Morgan fingerprint density at radius 3 is 2.94 bits per heavy atom. The predicted octanol–water partition coefficient (Wildman–Crippen LogP) is 2.35. The Labute approximate surface area is 208 Å². The van der Waals surface area contributed by atoms with Crippen LogP contribution in [-0.2, 0) is 9.53 Å². The number of hydrogen-bond donors (Lipinski definition) is 2. The quantitative estimate of drug-likeness (QED) is 0.439. The van der Waals surface area contributed by atoms with E-state index in [9.17, 15) is 4.79 Å². The van der Waals surface area contributed by atoms with Crippen LogP contribution in [0, 0.1) is 5.92 Å². The van der Waals surface area contributed by atoms with Crippen molar-refractivity contribution < 1.29 is 21.9 Å². The van der Waals surface area contributed by atoms with E-state index in [1.54, 1.807) is 6.07 Å². The number of amides is 1. The topological polar surface area (TPSA) is 122 Å². The van der Waals surface area contributed by atoms with Crippen LogP contribution in [-0.4, -0.2) is 68.3 Å². The van der Waals surface area contributed by atoms with Gasteiger partial charge in [-0.05, 0) is 38.0 Å². The first kappa shape index (κ1) is 13.1. The van der Waals surface area contributed by atoms with E-state index in [4.69, 9.17) is 12.3 Å². The van der Waals surface area contributed by atoms with Gasteiger partial charge in [-0.2, -0.15) is 0 Å². The van der Waals surface area contributed by atoms with Crippen LogP contribution in [0.1, 0.15) is 32.1 Å². The number of carbonyl (C=O) groups is 1. The molecule has 0 unspecified atom stereocenters. The van der Waals surface area contributed by atoms with E-state index in [0.29, 0.717) is 28.8 Å². The smallest absolute Gasteiger partial charge is 0.228 e. The summed E-state index contributed by atoms with van der Waals surface area (Å²) < 4.78 is 79.6. The zero-order valence-electron chi connectivity index (χ0n) is 27.0. The molecule has 0 atom stereocenters. The number of nitrogens with zero attached hydrogens (tertiary/aromatic N) is 7. The van der Waals surface area contributed by atoms with E-state index in [2.05, 4.69) is 40.6 Å². The maximum absolute atomic E-state index is 12.4. The molecule has 34 heavy (non-hydrogen) atoms. The summed E-state index contributed by atoms with van der Waals surface area (Å²) in [6, 6.07) is 4.07. The van der Waals surface area contributed by atoms with Gasteiger partial charge in [0.15, 0.2) is 23.1 Å². The second-order valence-corrected chi connectivity index (χ2v) is 7.71. The number of rotatable bonds is 6. The third-order valence-corrected chi connectivity index (χ3v) is 5.32. The molecule has 1 aliphatic heterocycles.